The molecule has 0 bridgehead atoms. The number of nitrogens with zero attached hydrogens (tertiary/aromatic N) is 2. The van der Waals surface area contributed by atoms with Crippen molar-refractivity contribution in [1.29, 1.82) is 0 Å². The second-order valence-electron chi connectivity index (χ2n) is 4.89. The molecule has 108 valence electrons. The summed E-state index contributed by atoms with van der Waals surface area (Å²) in [5, 5.41) is 11.1. The molecule has 1 aromatic carbocycles. The number of hydrogen-bond acceptors (Lipinski definition) is 5. The van der Waals surface area contributed by atoms with E-state index < -0.39 is 0 Å². The maximum absolute atomic E-state index is 5.49. The molecule has 2 aromatic heterocycles. The molecule has 21 heavy (non-hydrogen) atoms. The molecule has 0 fully saturated rings. The fourth-order valence-electron chi connectivity index (χ4n) is 2.31. The van der Waals surface area contributed by atoms with Crippen LogP contribution in [-0.2, 0) is 0 Å². The van der Waals surface area contributed by atoms with Crippen molar-refractivity contribution in [3.8, 4) is 11.5 Å². The van der Waals surface area contributed by atoms with Crippen LogP contribution in [0.25, 0.3) is 11.5 Å². The molecule has 0 spiro atoms. The van der Waals surface area contributed by atoms with E-state index in [1.54, 1.807) is 6.26 Å². The number of aromatic nitrogens is 2. The molecule has 5 heteroatoms. The number of anilines is 1. The molecule has 0 aliphatic rings. The lowest BCUT2D eigenvalue weighted by molar-refractivity contribution is 0.474. The van der Waals surface area contributed by atoms with E-state index in [2.05, 4.69) is 29.4 Å². The third kappa shape index (κ3) is 2.81. The fourth-order valence-corrected chi connectivity index (χ4v) is 2.31. The maximum Gasteiger partial charge on any atom is 0.247 e. The molecule has 0 radical (unpaired) electrons. The molecule has 0 aliphatic carbocycles. The van der Waals surface area contributed by atoms with E-state index in [4.69, 9.17) is 8.83 Å². The summed E-state index contributed by atoms with van der Waals surface area (Å²) >= 11 is 0. The van der Waals surface area contributed by atoms with Crippen LogP contribution in [0.2, 0.25) is 0 Å². The van der Waals surface area contributed by atoms with Crippen molar-refractivity contribution >= 4 is 5.69 Å². The minimum Gasteiger partial charge on any atom is -0.467 e. The topological polar surface area (TPSA) is 64.1 Å². The molecule has 1 N–H and O–H groups in total. The van der Waals surface area contributed by atoms with Crippen LogP contribution in [0.4, 0.5) is 5.69 Å². The fraction of sp³-hybridized carbons (Fsp3) is 0.250. The summed E-state index contributed by atoms with van der Waals surface area (Å²) in [4.78, 5) is 0. The van der Waals surface area contributed by atoms with Crippen molar-refractivity contribution in [2.45, 2.75) is 26.3 Å². The van der Waals surface area contributed by atoms with Gasteiger partial charge in [-0.05, 0) is 49.2 Å². The standard InChI is InChI=1S/C16H17N3O2/c1-3-13(15-5-4-8-20-15)18-14-7-6-12(9-11(14)2)16-19-17-10-21-16/h4-10,13,18H,3H2,1-2H3. The molecular weight excluding hydrogens is 266 g/mol. The first-order valence-electron chi connectivity index (χ1n) is 6.95. The highest BCUT2D eigenvalue weighted by Crippen LogP contribution is 2.28. The minimum absolute atomic E-state index is 0.160. The maximum atomic E-state index is 5.49. The Bertz CT molecular complexity index is 690. The molecule has 0 saturated carbocycles. The molecule has 0 amide bonds. The second-order valence-corrected chi connectivity index (χ2v) is 4.89. The first-order chi connectivity index (χ1) is 10.3. The van der Waals surface area contributed by atoms with Gasteiger partial charge >= 0.3 is 0 Å². The van der Waals surface area contributed by atoms with E-state index in [1.807, 2.05) is 30.3 Å². The minimum atomic E-state index is 0.160. The number of rotatable bonds is 5. The van der Waals surface area contributed by atoms with Crippen LogP contribution >= 0.6 is 0 Å². The Balaban J connectivity index is 1.83. The van der Waals surface area contributed by atoms with Crippen LogP contribution in [-0.4, -0.2) is 10.2 Å². The summed E-state index contributed by atoms with van der Waals surface area (Å²) in [7, 11) is 0. The van der Waals surface area contributed by atoms with E-state index in [0.717, 1.165) is 29.0 Å². The first kappa shape index (κ1) is 13.4. The van der Waals surface area contributed by atoms with Gasteiger partial charge in [0, 0.05) is 11.3 Å². The molecule has 2 heterocycles. The van der Waals surface area contributed by atoms with Crippen LogP contribution in [0.3, 0.4) is 0 Å². The number of aryl methyl sites for hydroxylation is 1. The Labute approximate surface area is 123 Å². The average molecular weight is 283 g/mol. The quantitative estimate of drug-likeness (QED) is 0.760. The predicted octanol–water partition coefficient (Wildman–Crippen LogP) is 4.20. The van der Waals surface area contributed by atoms with Crippen LogP contribution in [0.15, 0.2) is 51.8 Å². The highest BCUT2D eigenvalue weighted by atomic mass is 16.4. The van der Waals surface area contributed by atoms with Gasteiger partial charge < -0.3 is 14.2 Å². The molecule has 1 atom stereocenters. The Kier molecular flexibility index (Phi) is 3.73. The third-order valence-electron chi connectivity index (χ3n) is 3.46. The summed E-state index contributed by atoms with van der Waals surface area (Å²) in [6.45, 7) is 4.18. The van der Waals surface area contributed by atoms with Gasteiger partial charge in [0.1, 0.15) is 5.76 Å². The lowest BCUT2D eigenvalue weighted by atomic mass is 10.1. The van der Waals surface area contributed by atoms with Gasteiger partial charge in [0.2, 0.25) is 12.3 Å². The van der Waals surface area contributed by atoms with Crippen LogP contribution in [0.5, 0.6) is 0 Å². The predicted molar refractivity (Wildman–Crippen MR) is 79.8 cm³/mol. The van der Waals surface area contributed by atoms with Crippen molar-refractivity contribution in [2.24, 2.45) is 0 Å². The zero-order chi connectivity index (χ0) is 14.7. The largest absolute Gasteiger partial charge is 0.467 e. The van der Waals surface area contributed by atoms with Crippen LogP contribution in [0, 0.1) is 6.92 Å². The summed E-state index contributed by atoms with van der Waals surface area (Å²) in [5.41, 5.74) is 3.11. The van der Waals surface area contributed by atoms with Crippen LogP contribution in [0.1, 0.15) is 30.7 Å². The van der Waals surface area contributed by atoms with Gasteiger partial charge in [-0.2, -0.15) is 0 Å². The van der Waals surface area contributed by atoms with Crippen molar-refractivity contribution < 1.29 is 8.83 Å². The first-order valence-corrected chi connectivity index (χ1v) is 6.95. The van der Waals surface area contributed by atoms with Crippen molar-refractivity contribution in [2.75, 3.05) is 5.32 Å². The average Bonchev–Trinajstić information content (AvgIpc) is 3.19. The zero-order valence-electron chi connectivity index (χ0n) is 12.0. The number of benzene rings is 1. The Morgan fingerprint density at radius 1 is 1.24 bits per heavy atom. The second kappa shape index (κ2) is 5.83. The number of hydrogen-bond donors (Lipinski definition) is 1. The molecule has 3 rings (SSSR count). The van der Waals surface area contributed by atoms with Crippen molar-refractivity contribution in [3.05, 3.63) is 54.3 Å². The highest BCUT2D eigenvalue weighted by Gasteiger charge is 2.13. The van der Waals surface area contributed by atoms with Crippen LogP contribution < -0.4 is 5.32 Å². The van der Waals surface area contributed by atoms with E-state index in [0.29, 0.717) is 5.89 Å². The Morgan fingerprint density at radius 3 is 2.76 bits per heavy atom. The third-order valence-corrected chi connectivity index (χ3v) is 3.46. The van der Waals surface area contributed by atoms with E-state index in [9.17, 15) is 0 Å². The molecule has 3 aromatic rings. The van der Waals surface area contributed by atoms with Gasteiger partial charge in [0.15, 0.2) is 0 Å². The molecule has 0 saturated heterocycles. The van der Waals surface area contributed by atoms with Gasteiger partial charge in [0.05, 0.1) is 12.3 Å². The van der Waals surface area contributed by atoms with Gasteiger partial charge in [0.25, 0.3) is 0 Å². The summed E-state index contributed by atoms with van der Waals surface area (Å²) in [5.74, 6) is 1.47. The monoisotopic (exact) mass is 283 g/mol. The lowest BCUT2D eigenvalue weighted by Crippen LogP contribution is -2.09. The van der Waals surface area contributed by atoms with Gasteiger partial charge in [-0.15, -0.1) is 10.2 Å². The van der Waals surface area contributed by atoms with E-state index >= 15 is 0 Å². The summed E-state index contributed by atoms with van der Waals surface area (Å²) in [6, 6.07) is 10.1. The van der Waals surface area contributed by atoms with E-state index in [-0.39, 0.29) is 6.04 Å². The SMILES string of the molecule is CCC(Nc1ccc(-c2nnco2)cc1C)c1ccco1. The molecular formula is C16H17N3O2. The number of nitrogens with one attached hydrogen (secondary N) is 1. The summed E-state index contributed by atoms with van der Waals surface area (Å²) < 4.78 is 10.7. The molecule has 5 nitrogen and oxygen atoms in total. The van der Waals surface area contributed by atoms with Gasteiger partial charge in [-0.1, -0.05) is 6.92 Å². The number of furan rings is 1. The lowest BCUT2D eigenvalue weighted by Gasteiger charge is -2.18. The zero-order valence-corrected chi connectivity index (χ0v) is 12.0. The van der Waals surface area contributed by atoms with Gasteiger partial charge in [-0.25, -0.2) is 0 Å². The molecule has 1 unspecified atom stereocenters. The van der Waals surface area contributed by atoms with Crippen molar-refractivity contribution in [1.82, 2.24) is 10.2 Å². The van der Waals surface area contributed by atoms with E-state index in [1.165, 1.54) is 6.39 Å². The molecule has 0 aliphatic heterocycles. The normalized spacial score (nSPS) is 12.3. The van der Waals surface area contributed by atoms with Gasteiger partial charge in [-0.3, -0.25) is 0 Å². The smallest absolute Gasteiger partial charge is 0.247 e. The summed E-state index contributed by atoms with van der Waals surface area (Å²) in [6.07, 6.45) is 3.98. The highest BCUT2D eigenvalue weighted by molar-refractivity contribution is 5.62. The Morgan fingerprint density at radius 2 is 2.14 bits per heavy atom. The van der Waals surface area contributed by atoms with Crippen molar-refractivity contribution in [3.63, 3.8) is 0 Å². The Hall–Kier alpha value is -2.56.